The number of nitrogens with one attached hydrogen (secondary N) is 1. The number of benzene rings is 2. The van der Waals surface area contributed by atoms with E-state index in [0.717, 1.165) is 37.0 Å². The van der Waals surface area contributed by atoms with Crippen LogP contribution in [0.25, 0.3) is 5.69 Å². The number of hydrogen-bond donors (Lipinski definition) is 1. The number of carbonyl (C=O) groups is 1. The van der Waals surface area contributed by atoms with Crippen LogP contribution in [0.5, 0.6) is 0 Å². The van der Waals surface area contributed by atoms with E-state index >= 15 is 0 Å². The second kappa shape index (κ2) is 7.68. The standard InChI is InChI=1S/C21H18ClF3N4O/c1-2-28-10-9-13-3-6-15(11-18(13)28)27-20(30)17-12-26-29(19(17)21(23,24)25)16-7-4-14(22)5-8-16/h3-8,11-12H,2,9-10H2,1H3,(H,27,30). The highest BCUT2D eigenvalue weighted by Crippen LogP contribution is 2.35. The number of alkyl halides is 3. The molecule has 1 aliphatic heterocycles. The van der Waals surface area contributed by atoms with Crippen molar-refractivity contribution in [3.8, 4) is 5.69 Å². The molecule has 0 radical (unpaired) electrons. The Bertz CT molecular complexity index is 1090. The molecule has 4 rings (SSSR count). The van der Waals surface area contributed by atoms with Crippen molar-refractivity contribution >= 4 is 28.9 Å². The van der Waals surface area contributed by atoms with Crippen LogP contribution in [-0.2, 0) is 12.6 Å². The van der Waals surface area contributed by atoms with Crippen LogP contribution in [0.1, 0.15) is 28.5 Å². The predicted molar refractivity (Wildman–Crippen MR) is 110 cm³/mol. The molecule has 0 aliphatic carbocycles. The lowest BCUT2D eigenvalue weighted by molar-refractivity contribution is -0.143. The Morgan fingerprint density at radius 3 is 2.60 bits per heavy atom. The fraction of sp³-hybridized carbons (Fsp3) is 0.238. The van der Waals surface area contributed by atoms with Crippen LogP contribution >= 0.6 is 11.6 Å². The number of fused-ring (bicyclic) bond motifs is 1. The molecular formula is C21H18ClF3N4O. The number of likely N-dealkylation sites (N-methyl/N-ethyl adjacent to an activating group) is 1. The molecular weight excluding hydrogens is 417 g/mol. The topological polar surface area (TPSA) is 50.2 Å². The monoisotopic (exact) mass is 434 g/mol. The van der Waals surface area contributed by atoms with Crippen LogP contribution in [0.4, 0.5) is 24.5 Å². The third-order valence-electron chi connectivity index (χ3n) is 5.07. The maximum atomic E-state index is 13.8. The van der Waals surface area contributed by atoms with Gasteiger partial charge in [0.15, 0.2) is 5.69 Å². The van der Waals surface area contributed by atoms with Gasteiger partial charge in [0.1, 0.15) is 0 Å². The Morgan fingerprint density at radius 2 is 1.93 bits per heavy atom. The van der Waals surface area contributed by atoms with Gasteiger partial charge in [-0.2, -0.15) is 18.3 Å². The van der Waals surface area contributed by atoms with Crippen LogP contribution in [0.15, 0.2) is 48.7 Å². The van der Waals surface area contributed by atoms with Crippen LogP contribution in [0.3, 0.4) is 0 Å². The third-order valence-corrected chi connectivity index (χ3v) is 5.32. The van der Waals surface area contributed by atoms with E-state index in [2.05, 4.69) is 15.3 Å². The summed E-state index contributed by atoms with van der Waals surface area (Å²) < 4.78 is 42.1. The van der Waals surface area contributed by atoms with E-state index in [1.165, 1.54) is 24.3 Å². The number of nitrogens with zero attached hydrogens (tertiary/aromatic N) is 3. The van der Waals surface area contributed by atoms with Gasteiger partial charge in [-0.3, -0.25) is 4.79 Å². The van der Waals surface area contributed by atoms with E-state index < -0.39 is 23.3 Å². The van der Waals surface area contributed by atoms with E-state index in [-0.39, 0.29) is 5.69 Å². The summed E-state index contributed by atoms with van der Waals surface area (Å²) in [5.74, 6) is -0.872. The van der Waals surface area contributed by atoms with Crippen LogP contribution in [0.2, 0.25) is 5.02 Å². The highest BCUT2D eigenvalue weighted by molar-refractivity contribution is 6.30. The number of anilines is 2. The Balaban J connectivity index is 1.67. The van der Waals surface area contributed by atoms with Gasteiger partial charge in [0.2, 0.25) is 0 Å². The molecule has 0 spiro atoms. The average Bonchev–Trinajstić information content (AvgIpc) is 3.32. The zero-order valence-corrected chi connectivity index (χ0v) is 16.8. The molecule has 9 heteroatoms. The summed E-state index contributed by atoms with van der Waals surface area (Å²) in [6.07, 6.45) is -2.94. The fourth-order valence-corrected chi connectivity index (χ4v) is 3.74. The van der Waals surface area contributed by atoms with Crippen molar-refractivity contribution in [3.63, 3.8) is 0 Å². The number of carbonyl (C=O) groups excluding carboxylic acids is 1. The maximum Gasteiger partial charge on any atom is 0.434 e. The molecule has 0 atom stereocenters. The van der Waals surface area contributed by atoms with Gasteiger partial charge < -0.3 is 10.2 Å². The molecule has 1 aliphatic rings. The minimum Gasteiger partial charge on any atom is -0.371 e. The van der Waals surface area contributed by atoms with Gasteiger partial charge >= 0.3 is 6.18 Å². The lowest BCUT2D eigenvalue weighted by Crippen LogP contribution is -2.21. The largest absolute Gasteiger partial charge is 0.434 e. The molecule has 1 aromatic heterocycles. The second-order valence-electron chi connectivity index (χ2n) is 6.92. The molecule has 0 saturated carbocycles. The van der Waals surface area contributed by atoms with Crippen molar-refractivity contribution in [1.82, 2.24) is 9.78 Å². The molecule has 0 bridgehead atoms. The van der Waals surface area contributed by atoms with Crippen molar-refractivity contribution in [3.05, 3.63) is 70.5 Å². The smallest absolute Gasteiger partial charge is 0.371 e. The summed E-state index contributed by atoms with van der Waals surface area (Å²) in [5.41, 5.74) is 1.04. The molecule has 1 amide bonds. The summed E-state index contributed by atoms with van der Waals surface area (Å²) in [6.45, 7) is 3.73. The van der Waals surface area contributed by atoms with E-state index in [1.807, 2.05) is 13.0 Å². The van der Waals surface area contributed by atoms with E-state index in [4.69, 9.17) is 11.6 Å². The van der Waals surface area contributed by atoms with Crippen LogP contribution < -0.4 is 10.2 Å². The van der Waals surface area contributed by atoms with Gasteiger partial charge in [-0.15, -0.1) is 0 Å². The number of amides is 1. The normalized spacial score (nSPS) is 13.4. The van der Waals surface area contributed by atoms with Crippen LogP contribution in [-0.4, -0.2) is 28.8 Å². The quantitative estimate of drug-likeness (QED) is 0.615. The molecule has 2 aromatic carbocycles. The van der Waals surface area contributed by atoms with Gasteiger partial charge in [0.05, 0.1) is 17.4 Å². The van der Waals surface area contributed by atoms with Gasteiger partial charge in [-0.25, -0.2) is 4.68 Å². The van der Waals surface area contributed by atoms with Gasteiger partial charge in [-0.05, 0) is 55.3 Å². The first-order chi connectivity index (χ1) is 14.3. The van der Waals surface area contributed by atoms with E-state index in [0.29, 0.717) is 15.4 Å². The van der Waals surface area contributed by atoms with Gasteiger partial charge in [-0.1, -0.05) is 17.7 Å². The number of hydrogen-bond acceptors (Lipinski definition) is 3. The molecule has 0 fully saturated rings. The molecule has 2 heterocycles. The summed E-state index contributed by atoms with van der Waals surface area (Å²) in [4.78, 5) is 14.9. The summed E-state index contributed by atoms with van der Waals surface area (Å²) >= 11 is 5.82. The van der Waals surface area contributed by atoms with Crippen molar-refractivity contribution in [2.45, 2.75) is 19.5 Å². The maximum absolute atomic E-state index is 13.8. The lowest BCUT2D eigenvalue weighted by atomic mass is 10.1. The highest BCUT2D eigenvalue weighted by Gasteiger charge is 2.40. The fourth-order valence-electron chi connectivity index (χ4n) is 3.62. The summed E-state index contributed by atoms with van der Waals surface area (Å²) in [6, 6.07) is 11.1. The zero-order valence-electron chi connectivity index (χ0n) is 16.0. The predicted octanol–water partition coefficient (Wildman–Crippen LogP) is 5.18. The molecule has 0 saturated heterocycles. The Hall–Kier alpha value is -3.00. The molecule has 156 valence electrons. The SMILES string of the molecule is CCN1CCc2ccc(NC(=O)c3cnn(-c4ccc(Cl)cc4)c3C(F)(F)F)cc21. The van der Waals surface area contributed by atoms with Gasteiger partial charge in [0.25, 0.3) is 5.91 Å². The number of rotatable bonds is 4. The van der Waals surface area contributed by atoms with Gasteiger partial charge in [0, 0.05) is 29.5 Å². The first-order valence-electron chi connectivity index (χ1n) is 9.38. The van der Waals surface area contributed by atoms with Crippen molar-refractivity contribution in [1.29, 1.82) is 0 Å². The first kappa shape index (κ1) is 20.3. The number of aromatic nitrogens is 2. The highest BCUT2D eigenvalue weighted by atomic mass is 35.5. The van der Waals surface area contributed by atoms with Crippen molar-refractivity contribution < 1.29 is 18.0 Å². The molecule has 0 unspecified atom stereocenters. The molecule has 5 nitrogen and oxygen atoms in total. The second-order valence-corrected chi connectivity index (χ2v) is 7.36. The Kier molecular flexibility index (Phi) is 5.19. The van der Waals surface area contributed by atoms with Crippen molar-refractivity contribution in [2.24, 2.45) is 0 Å². The average molecular weight is 435 g/mol. The summed E-state index contributed by atoms with van der Waals surface area (Å²) in [5, 5.41) is 6.78. The zero-order chi connectivity index (χ0) is 21.5. The number of halogens is 4. The van der Waals surface area contributed by atoms with Crippen LogP contribution in [0, 0.1) is 0 Å². The first-order valence-corrected chi connectivity index (χ1v) is 9.76. The third kappa shape index (κ3) is 3.75. The molecule has 3 aromatic rings. The molecule has 30 heavy (non-hydrogen) atoms. The Labute approximate surface area is 176 Å². The minimum atomic E-state index is -4.78. The molecule has 1 N–H and O–H groups in total. The Morgan fingerprint density at radius 1 is 1.20 bits per heavy atom. The van der Waals surface area contributed by atoms with E-state index in [9.17, 15) is 18.0 Å². The summed E-state index contributed by atoms with van der Waals surface area (Å²) in [7, 11) is 0. The van der Waals surface area contributed by atoms with E-state index in [1.54, 1.807) is 12.1 Å². The minimum absolute atomic E-state index is 0.155. The lowest BCUT2D eigenvalue weighted by Gasteiger charge is -2.17. The van der Waals surface area contributed by atoms with Crippen molar-refractivity contribution in [2.75, 3.05) is 23.3 Å².